The molecule has 1 aromatic carbocycles. The number of benzene rings is 1. The van der Waals surface area contributed by atoms with E-state index in [2.05, 4.69) is 4.98 Å². The number of imidazole rings is 1. The molecule has 2 rings (SSSR count). The van der Waals surface area contributed by atoms with Crippen LogP contribution in [0.25, 0.3) is 5.69 Å². The van der Waals surface area contributed by atoms with E-state index in [1.165, 1.54) is 6.07 Å². The van der Waals surface area contributed by atoms with Crippen LogP contribution in [0.4, 0.5) is 4.39 Å². The lowest BCUT2D eigenvalue weighted by Crippen LogP contribution is -2.12. The van der Waals surface area contributed by atoms with Crippen molar-refractivity contribution in [3.63, 3.8) is 0 Å². The Balaban J connectivity index is 2.67. The van der Waals surface area contributed by atoms with E-state index in [1.54, 1.807) is 19.3 Å². The van der Waals surface area contributed by atoms with Gasteiger partial charge in [-0.1, -0.05) is 6.07 Å². The minimum Gasteiger partial charge on any atom is -0.324 e. The number of rotatable bonds is 2. The van der Waals surface area contributed by atoms with Gasteiger partial charge in [-0.25, -0.2) is 9.37 Å². The molecule has 4 heteroatoms. The van der Waals surface area contributed by atoms with Crippen LogP contribution in [0.5, 0.6) is 0 Å². The smallest absolute Gasteiger partial charge is 0.130 e. The van der Waals surface area contributed by atoms with Crippen molar-refractivity contribution in [2.45, 2.75) is 26.8 Å². The molecule has 2 N–H and O–H groups in total. The third kappa shape index (κ3) is 1.96. The summed E-state index contributed by atoms with van der Waals surface area (Å²) in [6.07, 6.45) is 1.70. The van der Waals surface area contributed by atoms with Crippen LogP contribution in [-0.4, -0.2) is 9.55 Å². The summed E-state index contributed by atoms with van der Waals surface area (Å²) in [4.78, 5) is 4.22. The number of aromatic nitrogens is 2. The molecule has 2 aromatic rings. The van der Waals surface area contributed by atoms with E-state index in [4.69, 9.17) is 5.73 Å². The monoisotopic (exact) mass is 233 g/mol. The fourth-order valence-electron chi connectivity index (χ4n) is 1.93. The summed E-state index contributed by atoms with van der Waals surface area (Å²) in [5.41, 5.74) is 9.05. The second kappa shape index (κ2) is 4.30. The molecule has 1 atom stereocenters. The van der Waals surface area contributed by atoms with Crippen molar-refractivity contribution in [2.75, 3.05) is 0 Å². The van der Waals surface area contributed by atoms with Crippen molar-refractivity contribution in [1.82, 2.24) is 9.55 Å². The molecule has 1 heterocycles. The molecule has 0 aliphatic rings. The van der Waals surface area contributed by atoms with E-state index >= 15 is 0 Å². The SMILES string of the molecule is Cc1ncn(-c2cccc(F)c2[C@@H](C)N)c1C. The second-order valence-electron chi connectivity index (χ2n) is 4.25. The van der Waals surface area contributed by atoms with Gasteiger partial charge in [-0.05, 0) is 32.9 Å². The van der Waals surface area contributed by atoms with Gasteiger partial charge in [-0.2, -0.15) is 0 Å². The molecular formula is C13H16FN3. The predicted octanol–water partition coefficient (Wildman–Crippen LogP) is 2.65. The van der Waals surface area contributed by atoms with Gasteiger partial charge in [0.2, 0.25) is 0 Å². The van der Waals surface area contributed by atoms with Crippen LogP contribution >= 0.6 is 0 Å². The lowest BCUT2D eigenvalue weighted by molar-refractivity contribution is 0.591. The number of nitrogens with two attached hydrogens (primary N) is 1. The molecule has 3 nitrogen and oxygen atoms in total. The predicted molar refractivity (Wildman–Crippen MR) is 65.6 cm³/mol. The minimum absolute atomic E-state index is 0.275. The van der Waals surface area contributed by atoms with Crippen LogP contribution in [-0.2, 0) is 0 Å². The third-order valence-electron chi connectivity index (χ3n) is 3.00. The van der Waals surface area contributed by atoms with Gasteiger partial charge in [0.1, 0.15) is 5.82 Å². The zero-order valence-electron chi connectivity index (χ0n) is 10.2. The van der Waals surface area contributed by atoms with Gasteiger partial charge < -0.3 is 10.3 Å². The van der Waals surface area contributed by atoms with Crippen LogP contribution in [0.1, 0.15) is 29.9 Å². The van der Waals surface area contributed by atoms with Gasteiger partial charge >= 0.3 is 0 Å². The number of aryl methyl sites for hydroxylation is 1. The largest absolute Gasteiger partial charge is 0.324 e. The molecule has 0 saturated carbocycles. The number of nitrogens with zero attached hydrogens (tertiary/aromatic N) is 2. The molecular weight excluding hydrogens is 217 g/mol. The third-order valence-corrected chi connectivity index (χ3v) is 3.00. The van der Waals surface area contributed by atoms with Gasteiger partial charge in [0, 0.05) is 17.3 Å². The zero-order chi connectivity index (χ0) is 12.6. The van der Waals surface area contributed by atoms with E-state index in [9.17, 15) is 4.39 Å². The molecule has 17 heavy (non-hydrogen) atoms. The highest BCUT2D eigenvalue weighted by molar-refractivity contribution is 5.45. The molecule has 0 aliphatic carbocycles. The Hall–Kier alpha value is -1.68. The Morgan fingerprint density at radius 1 is 1.35 bits per heavy atom. The van der Waals surface area contributed by atoms with E-state index in [-0.39, 0.29) is 11.9 Å². The summed E-state index contributed by atoms with van der Waals surface area (Å²) >= 11 is 0. The van der Waals surface area contributed by atoms with Crippen molar-refractivity contribution in [3.05, 3.63) is 47.3 Å². The fourth-order valence-corrected chi connectivity index (χ4v) is 1.93. The normalized spacial score (nSPS) is 12.8. The number of hydrogen-bond donors (Lipinski definition) is 1. The highest BCUT2D eigenvalue weighted by Crippen LogP contribution is 2.25. The average molecular weight is 233 g/mol. The lowest BCUT2D eigenvalue weighted by atomic mass is 10.1. The molecule has 0 fully saturated rings. The molecule has 0 bridgehead atoms. The Bertz CT molecular complexity index is 544. The Morgan fingerprint density at radius 2 is 2.06 bits per heavy atom. The molecule has 0 spiro atoms. The molecule has 0 amide bonds. The van der Waals surface area contributed by atoms with Crippen molar-refractivity contribution in [3.8, 4) is 5.69 Å². The highest BCUT2D eigenvalue weighted by Gasteiger charge is 2.15. The van der Waals surface area contributed by atoms with Crippen molar-refractivity contribution in [1.29, 1.82) is 0 Å². The van der Waals surface area contributed by atoms with E-state index in [0.717, 1.165) is 17.1 Å². The molecule has 0 radical (unpaired) electrons. The number of hydrogen-bond acceptors (Lipinski definition) is 2. The standard InChI is InChI=1S/C13H16FN3/c1-8(15)13-11(14)5-4-6-12(13)17-7-16-9(2)10(17)3/h4-8H,15H2,1-3H3/t8-/m1/s1. The van der Waals surface area contributed by atoms with Gasteiger partial charge in [-0.3, -0.25) is 0 Å². The first-order valence-electron chi connectivity index (χ1n) is 5.57. The first kappa shape index (κ1) is 11.8. The average Bonchev–Trinajstić information content (AvgIpc) is 2.59. The summed E-state index contributed by atoms with van der Waals surface area (Å²) in [6.45, 7) is 5.66. The van der Waals surface area contributed by atoms with Gasteiger partial charge in [0.05, 0.1) is 17.7 Å². The van der Waals surface area contributed by atoms with E-state index < -0.39 is 0 Å². The van der Waals surface area contributed by atoms with Gasteiger partial charge in [0.15, 0.2) is 0 Å². The van der Waals surface area contributed by atoms with Gasteiger partial charge in [-0.15, -0.1) is 0 Å². The van der Waals surface area contributed by atoms with Crippen LogP contribution in [0.3, 0.4) is 0 Å². The molecule has 1 aromatic heterocycles. The summed E-state index contributed by atoms with van der Waals surface area (Å²) in [7, 11) is 0. The number of halogens is 1. The summed E-state index contributed by atoms with van der Waals surface area (Å²) in [5, 5.41) is 0. The maximum absolute atomic E-state index is 13.8. The van der Waals surface area contributed by atoms with Crippen LogP contribution in [0, 0.1) is 19.7 Å². The van der Waals surface area contributed by atoms with Crippen molar-refractivity contribution >= 4 is 0 Å². The molecule has 0 aliphatic heterocycles. The Kier molecular flexibility index (Phi) is 2.98. The fraction of sp³-hybridized carbons (Fsp3) is 0.308. The van der Waals surface area contributed by atoms with E-state index in [0.29, 0.717) is 5.56 Å². The summed E-state index contributed by atoms with van der Waals surface area (Å²) in [6, 6.07) is 4.62. The van der Waals surface area contributed by atoms with Crippen molar-refractivity contribution in [2.24, 2.45) is 5.73 Å². The molecule has 90 valence electrons. The highest BCUT2D eigenvalue weighted by atomic mass is 19.1. The topological polar surface area (TPSA) is 43.8 Å². The first-order valence-corrected chi connectivity index (χ1v) is 5.57. The minimum atomic E-state index is -0.353. The molecule has 0 saturated heterocycles. The van der Waals surface area contributed by atoms with Gasteiger partial charge in [0.25, 0.3) is 0 Å². The summed E-state index contributed by atoms with van der Waals surface area (Å²) < 4.78 is 15.7. The maximum Gasteiger partial charge on any atom is 0.130 e. The van der Waals surface area contributed by atoms with E-state index in [1.807, 2.05) is 24.5 Å². The van der Waals surface area contributed by atoms with Crippen LogP contribution < -0.4 is 5.73 Å². The van der Waals surface area contributed by atoms with Crippen molar-refractivity contribution < 1.29 is 4.39 Å². The maximum atomic E-state index is 13.8. The first-order chi connectivity index (χ1) is 8.02. The molecule has 0 unspecified atom stereocenters. The lowest BCUT2D eigenvalue weighted by Gasteiger charge is -2.15. The Morgan fingerprint density at radius 3 is 2.59 bits per heavy atom. The zero-order valence-corrected chi connectivity index (χ0v) is 10.2. The Labute approximate surface area is 100 Å². The summed E-state index contributed by atoms with van der Waals surface area (Å²) in [5.74, 6) is -0.275. The van der Waals surface area contributed by atoms with Crippen LogP contribution in [0.15, 0.2) is 24.5 Å². The van der Waals surface area contributed by atoms with Crippen LogP contribution in [0.2, 0.25) is 0 Å². The second-order valence-corrected chi connectivity index (χ2v) is 4.25. The quantitative estimate of drug-likeness (QED) is 0.866.